The highest BCUT2D eigenvalue weighted by atomic mass is 32.2. The van der Waals surface area contributed by atoms with Gasteiger partial charge in [-0.25, -0.2) is 0 Å². The van der Waals surface area contributed by atoms with Crippen LogP contribution in [0, 0.1) is 0 Å². The Labute approximate surface area is 187 Å². The number of thioether (sulfide) groups is 1. The van der Waals surface area contributed by atoms with Gasteiger partial charge in [0.1, 0.15) is 11.6 Å². The van der Waals surface area contributed by atoms with Gasteiger partial charge in [-0.15, -0.1) is 10.2 Å². The van der Waals surface area contributed by atoms with Crippen molar-refractivity contribution in [3.63, 3.8) is 0 Å². The Kier molecular flexibility index (Phi) is 8.75. The molecule has 3 rings (SSSR count). The van der Waals surface area contributed by atoms with Crippen molar-refractivity contribution in [3.05, 3.63) is 30.1 Å². The normalized spacial score (nSPS) is 14.3. The van der Waals surface area contributed by atoms with E-state index in [1.807, 2.05) is 30.5 Å². The fourth-order valence-corrected chi connectivity index (χ4v) is 4.50. The van der Waals surface area contributed by atoms with Gasteiger partial charge in [-0.05, 0) is 51.0 Å². The number of rotatable bonds is 10. The molecular weight excluding hydrogens is 414 g/mol. The Hall–Kier alpha value is -2.55. The number of nitrogens with one attached hydrogen (secondary N) is 2. The summed E-state index contributed by atoms with van der Waals surface area (Å²) in [6, 6.07) is 7.55. The van der Waals surface area contributed by atoms with E-state index in [9.17, 15) is 9.59 Å². The van der Waals surface area contributed by atoms with Crippen molar-refractivity contribution in [2.75, 3.05) is 17.7 Å². The molecule has 0 bridgehead atoms. The van der Waals surface area contributed by atoms with Crippen molar-refractivity contribution in [1.29, 1.82) is 0 Å². The van der Waals surface area contributed by atoms with E-state index in [-0.39, 0.29) is 18.2 Å². The summed E-state index contributed by atoms with van der Waals surface area (Å²) in [5.74, 6) is 1.50. The first-order valence-corrected chi connectivity index (χ1v) is 11.9. The molecule has 0 unspecified atom stereocenters. The monoisotopic (exact) mass is 445 g/mol. The number of aromatic nitrogens is 3. The number of anilines is 1. The van der Waals surface area contributed by atoms with Gasteiger partial charge in [0.2, 0.25) is 11.8 Å². The van der Waals surface area contributed by atoms with Crippen LogP contribution in [0.2, 0.25) is 0 Å². The number of hydrogen-bond donors (Lipinski definition) is 2. The summed E-state index contributed by atoms with van der Waals surface area (Å²) >= 11 is 1.36. The molecule has 1 aliphatic carbocycles. The molecule has 9 heteroatoms. The SMILES string of the molecule is CCOc1ccc(NC(=O)Cc2nnc(SCC(=O)NC3CCCCC3)n2CC)cc1. The predicted octanol–water partition coefficient (Wildman–Crippen LogP) is 3.42. The van der Waals surface area contributed by atoms with Crippen molar-refractivity contribution >= 4 is 29.3 Å². The second-order valence-electron chi connectivity index (χ2n) is 7.52. The molecule has 8 nitrogen and oxygen atoms in total. The van der Waals surface area contributed by atoms with Gasteiger partial charge in [-0.1, -0.05) is 31.0 Å². The molecule has 0 radical (unpaired) electrons. The third-order valence-corrected chi connectivity index (χ3v) is 6.15. The van der Waals surface area contributed by atoms with Gasteiger partial charge in [0.15, 0.2) is 5.16 Å². The summed E-state index contributed by atoms with van der Waals surface area (Å²) in [5, 5.41) is 15.0. The van der Waals surface area contributed by atoms with E-state index in [0.717, 1.165) is 18.6 Å². The van der Waals surface area contributed by atoms with Crippen molar-refractivity contribution in [2.24, 2.45) is 0 Å². The molecule has 0 spiro atoms. The lowest BCUT2D eigenvalue weighted by atomic mass is 9.95. The average molecular weight is 446 g/mol. The number of carbonyl (C=O) groups is 2. The standard InChI is InChI=1S/C22H31N5O3S/c1-3-27-19(14-20(28)23-17-10-12-18(13-11-17)30-4-2)25-26-22(27)31-15-21(29)24-16-8-6-5-7-9-16/h10-13,16H,3-9,14-15H2,1-2H3,(H,23,28)(H,24,29). The third-order valence-electron chi connectivity index (χ3n) is 5.18. The van der Waals surface area contributed by atoms with Crippen LogP contribution in [0.25, 0.3) is 0 Å². The molecule has 1 fully saturated rings. The molecular formula is C22H31N5O3S. The van der Waals surface area contributed by atoms with E-state index in [0.29, 0.717) is 41.6 Å². The minimum absolute atomic E-state index is 0.0253. The maximum absolute atomic E-state index is 12.5. The Morgan fingerprint density at radius 2 is 1.84 bits per heavy atom. The van der Waals surface area contributed by atoms with Crippen LogP contribution in [-0.4, -0.2) is 45.0 Å². The highest BCUT2D eigenvalue weighted by molar-refractivity contribution is 7.99. The first-order chi connectivity index (χ1) is 15.1. The highest BCUT2D eigenvalue weighted by Gasteiger charge is 2.18. The van der Waals surface area contributed by atoms with Crippen LogP contribution in [-0.2, 0) is 22.6 Å². The summed E-state index contributed by atoms with van der Waals surface area (Å²) in [6.45, 7) is 5.13. The Morgan fingerprint density at radius 1 is 1.10 bits per heavy atom. The molecule has 1 aromatic heterocycles. The van der Waals surface area contributed by atoms with Crippen molar-refractivity contribution in [1.82, 2.24) is 20.1 Å². The largest absolute Gasteiger partial charge is 0.494 e. The number of hydrogen-bond acceptors (Lipinski definition) is 6. The molecule has 31 heavy (non-hydrogen) atoms. The van der Waals surface area contributed by atoms with Gasteiger partial charge in [0.05, 0.1) is 18.8 Å². The topological polar surface area (TPSA) is 98.1 Å². The van der Waals surface area contributed by atoms with Crippen LogP contribution in [0.1, 0.15) is 51.8 Å². The quantitative estimate of drug-likeness (QED) is 0.544. The van der Waals surface area contributed by atoms with Crippen LogP contribution >= 0.6 is 11.8 Å². The number of nitrogens with zero attached hydrogens (tertiary/aromatic N) is 3. The molecule has 2 amide bonds. The van der Waals surface area contributed by atoms with Gasteiger partial charge in [0, 0.05) is 18.3 Å². The average Bonchev–Trinajstić information content (AvgIpc) is 3.15. The molecule has 2 N–H and O–H groups in total. The van der Waals surface area contributed by atoms with Crippen LogP contribution < -0.4 is 15.4 Å². The summed E-state index contributed by atoms with van der Waals surface area (Å²) in [5.41, 5.74) is 0.699. The van der Waals surface area contributed by atoms with E-state index in [1.54, 1.807) is 12.1 Å². The van der Waals surface area contributed by atoms with E-state index in [1.165, 1.54) is 31.0 Å². The number of ether oxygens (including phenoxy) is 1. The minimum Gasteiger partial charge on any atom is -0.494 e. The van der Waals surface area contributed by atoms with Crippen LogP contribution in [0.15, 0.2) is 29.4 Å². The van der Waals surface area contributed by atoms with Gasteiger partial charge < -0.3 is 19.9 Å². The van der Waals surface area contributed by atoms with E-state index in [2.05, 4.69) is 20.8 Å². The highest BCUT2D eigenvalue weighted by Crippen LogP contribution is 2.20. The maximum Gasteiger partial charge on any atom is 0.232 e. The van der Waals surface area contributed by atoms with E-state index < -0.39 is 0 Å². The first kappa shape index (κ1) is 23.1. The maximum atomic E-state index is 12.5. The molecule has 1 aromatic carbocycles. The fraction of sp³-hybridized carbons (Fsp3) is 0.545. The van der Waals surface area contributed by atoms with E-state index in [4.69, 9.17) is 4.74 Å². The van der Waals surface area contributed by atoms with Crippen molar-refractivity contribution in [2.45, 2.75) is 70.1 Å². The molecule has 0 aliphatic heterocycles. The molecule has 1 aliphatic rings. The van der Waals surface area contributed by atoms with Crippen LogP contribution in [0.4, 0.5) is 5.69 Å². The molecule has 1 heterocycles. The molecule has 0 atom stereocenters. The lowest BCUT2D eigenvalue weighted by Crippen LogP contribution is -2.37. The Balaban J connectivity index is 1.51. The minimum atomic E-state index is -0.169. The van der Waals surface area contributed by atoms with Gasteiger partial charge >= 0.3 is 0 Å². The fourth-order valence-electron chi connectivity index (χ4n) is 3.67. The van der Waals surface area contributed by atoms with Gasteiger partial charge in [-0.2, -0.15) is 0 Å². The Bertz CT molecular complexity index is 863. The second kappa shape index (κ2) is 11.7. The van der Waals surface area contributed by atoms with Crippen LogP contribution in [0.3, 0.4) is 0 Å². The zero-order chi connectivity index (χ0) is 22.1. The summed E-state index contributed by atoms with van der Waals surface area (Å²) in [4.78, 5) is 24.7. The van der Waals surface area contributed by atoms with Gasteiger partial charge in [0.25, 0.3) is 0 Å². The zero-order valence-corrected chi connectivity index (χ0v) is 19.0. The number of carbonyl (C=O) groups excluding carboxylic acids is 2. The molecule has 1 saturated carbocycles. The first-order valence-electron chi connectivity index (χ1n) is 11.0. The van der Waals surface area contributed by atoms with Gasteiger partial charge in [-0.3, -0.25) is 9.59 Å². The van der Waals surface area contributed by atoms with E-state index >= 15 is 0 Å². The smallest absolute Gasteiger partial charge is 0.232 e. The summed E-state index contributed by atoms with van der Waals surface area (Å²) in [6.07, 6.45) is 5.87. The van der Waals surface area contributed by atoms with Crippen LogP contribution in [0.5, 0.6) is 5.75 Å². The Morgan fingerprint density at radius 3 is 2.52 bits per heavy atom. The second-order valence-corrected chi connectivity index (χ2v) is 8.46. The zero-order valence-electron chi connectivity index (χ0n) is 18.2. The third kappa shape index (κ3) is 6.99. The molecule has 2 aromatic rings. The van der Waals surface area contributed by atoms with Crippen molar-refractivity contribution < 1.29 is 14.3 Å². The molecule has 0 saturated heterocycles. The predicted molar refractivity (Wildman–Crippen MR) is 121 cm³/mol. The summed E-state index contributed by atoms with van der Waals surface area (Å²) < 4.78 is 7.30. The summed E-state index contributed by atoms with van der Waals surface area (Å²) in [7, 11) is 0. The lowest BCUT2D eigenvalue weighted by molar-refractivity contribution is -0.119. The van der Waals surface area contributed by atoms with Crippen molar-refractivity contribution in [3.8, 4) is 5.75 Å². The molecule has 168 valence electrons. The lowest BCUT2D eigenvalue weighted by Gasteiger charge is -2.22. The number of amides is 2. The number of benzene rings is 1.